The topological polar surface area (TPSA) is 90.6 Å². The summed E-state index contributed by atoms with van der Waals surface area (Å²) in [6.07, 6.45) is 3.38. The van der Waals surface area contributed by atoms with E-state index in [9.17, 15) is 9.59 Å². The summed E-state index contributed by atoms with van der Waals surface area (Å²) in [6, 6.07) is 11.9. The van der Waals surface area contributed by atoms with Crippen molar-refractivity contribution < 1.29 is 4.79 Å². The van der Waals surface area contributed by atoms with Gasteiger partial charge in [0.15, 0.2) is 0 Å². The minimum Gasteiger partial charge on any atom is -0.338 e. The van der Waals surface area contributed by atoms with Crippen LogP contribution in [0.3, 0.4) is 0 Å². The van der Waals surface area contributed by atoms with Crippen LogP contribution >= 0.6 is 11.3 Å². The van der Waals surface area contributed by atoms with Crippen molar-refractivity contribution in [1.29, 1.82) is 0 Å². The third-order valence-corrected chi connectivity index (χ3v) is 4.89. The molecule has 25 heavy (non-hydrogen) atoms. The molecule has 1 amide bonds. The number of nitrogens with zero attached hydrogens (tertiary/aromatic N) is 1. The highest BCUT2D eigenvalue weighted by Gasteiger charge is 2.20. The second kappa shape index (κ2) is 7.94. The van der Waals surface area contributed by atoms with Gasteiger partial charge in [0.2, 0.25) is 5.82 Å². The van der Waals surface area contributed by atoms with E-state index < -0.39 is 11.6 Å². The van der Waals surface area contributed by atoms with E-state index in [1.807, 2.05) is 29.6 Å². The highest BCUT2D eigenvalue weighted by Crippen LogP contribution is 2.26. The van der Waals surface area contributed by atoms with Crippen LogP contribution in [0.1, 0.15) is 52.4 Å². The van der Waals surface area contributed by atoms with Crippen LogP contribution in [0.4, 0.5) is 0 Å². The van der Waals surface area contributed by atoms with Gasteiger partial charge in [-0.05, 0) is 35.4 Å². The Morgan fingerprint density at radius 3 is 2.68 bits per heavy atom. The van der Waals surface area contributed by atoms with Gasteiger partial charge < -0.3 is 5.32 Å². The SMILES string of the molecule is CCCCc1ccc([C@H](NC(=O)c2n[nH]c(=O)[nH]2)c2cccs2)cc1. The maximum absolute atomic E-state index is 12.4. The minimum absolute atomic E-state index is 0.0221. The van der Waals surface area contributed by atoms with Gasteiger partial charge in [-0.15, -0.1) is 16.4 Å². The Kier molecular flexibility index (Phi) is 5.45. The average Bonchev–Trinajstić information content (AvgIpc) is 3.30. The van der Waals surface area contributed by atoms with Crippen molar-refractivity contribution in [3.8, 4) is 0 Å². The number of nitrogens with one attached hydrogen (secondary N) is 3. The molecule has 1 aromatic carbocycles. The Morgan fingerprint density at radius 1 is 1.28 bits per heavy atom. The standard InChI is InChI=1S/C18H20N4O2S/c1-2-3-5-12-7-9-13(10-8-12)15(14-6-4-11-25-14)19-17(23)16-20-18(24)22-21-16/h4,6-11,15H,2-3,5H2,1H3,(H,19,23)(H2,20,21,22,24)/t15-/m0/s1. The number of carbonyl (C=O) groups excluding carboxylic acids is 1. The summed E-state index contributed by atoms with van der Waals surface area (Å²) in [5, 5.41) is 10.8. The van der Waals surface area contributed by atoms with Crippen molar-refractivity contribution in [2.24, 2.45) is 0 Å². The van der Waals surface area contributed by atoms with E-state index in [1.54, 1.807) is 11.3 Å². The van der Waals surface area contributed by atoms with Gasteiger partial charge in [-0.1, -0.05) is 43.7 Å². The molecule has 0 bridgehead atoms. The van der Waals surface area contributed by atoms with Gasteiger partial charge in [0.1, 0.15) is 0 Å². The van der Waals surface area contributed by atoms with Crippen LogP contribution in [0.25, 0.3) is 0 Å². The summed E-state index contributed by atoms with van der Waals surface area (Å²) in [5.74, 6) is -0.446. The van der Waals surface area contributed by atoms with Gasteiger partial charge in [0, 0.05) is 4.88 Å². The number of thiophene rings is 1. The molecule has 0 aliphatic heterocycles. The molecule has 0 unspecified atom stereocenters. The van der Waals surface area contributed by atoms with E-state index in [4.69, 9.17) is 0 Å². The molecule has 0 fully saturated rings. The summed E-state index contributed by atoms with van der Waals surface area (Å²) in [4.78, 5) is 26.9. The molecule has 2 aromatic heterocycles. The van der Waals surface area contributed by atoms with Gasteiger partial charge in [-0.3, -0.25) is 9.78 Å². The quantitative estimate of drug-likeness (QED) is 0.608. The molecule has 0 saturated heterocycles. The third kappa shape index (κ3) is 4.24. The van der Waals surface area contributed by atoms with Crippen LogP contribution < -0.4 is 11.0 Å². The second-order valence-corrected chi connectivity index (χ2v) is 6.77. The van der Waals surface area contributed by atoms with Crippen LogP contribution in [0, 0.1) is 0 Å². The van der Waals surface area contributed by atoms with Crippen LogP contribution in [-0.4, -0.2) is 21.1 Å². The lowest BCUT2D eigenvalue weighted by Gasteiger charge is -2.18. The van der Waals surface area contributed by atoms with E-state index in [1.165, 1.54) is 5.56 Å². The van der Waals surface area contributed by atoms with Crippen LogP contribution in [0.15, 0.2) is 46.6 Å². The second-order valence-electron chi connectivity index (χ2n) is 5.79. The number of benzene rings is 1. The third-order valence-electron chi connectivity index (χ3n) is 3.95. The van der Waals surface area contributed by atoms with Crippen molar-refractivity contribution >= 4 is 17.2 Å². The fraction of sp³-hybridized carbons (Fsp3) is 0.278. The first-order valence-corrected chi connectivity index (χ1v) is 9.13. The summed E-state index contributed by atoms with van der Waals surface area (Å²) in [7, 11) is 0. The molecule has 7 heteroatoms. The highest BCUT2D eigenvalue weighted by molar-refractivity contribution is 7.10. The Balaban J connectivity index is 1.83. The minimum atomic E-state index is -0.502. The van der Waals surface area contributed by atoms with Crippen molar-refractivity contribution in [1.82, 2.24) is 20.5 Å². The normalized spacial score (nSPS) is 12.0. The number of aromatic nitrogens is 3. The molecule has 130 valence electrons. The van der Waals surface area contributed by atoms with E-state index in [0.717, 1.165) is 29.7 Å². The number of rotatable bonds is 7. The Hall–Kier alpha value is -2.67. The maximum Gasteiger partial charge on any atom is 0.341 e. The van der Waals surface area contributed by atoms with Gasteiger partial charge in [-0.2, -0.15) is 0 Å². The van der Waals surface area contributed by atoms with Gasteiger partial charge in [0.05, 0.1) is 6.04 Å². The monoisotopic (exact) mass is 356 g/mol. The molecule has 0 spiro atoms. The molecule has 0 aliphatic rings. The number of hydrogen-bond donors (Lipinski definition) is 3. The lowest BCUT2D eigenvalue weighted by atomic mass is 10.0. The number of aromatic amines is 2. The Bertz CT molecular complexity index is 865. The lowest BCUT2D eigenvalue weighted by molar-refractivity contribution is 0.0933. The summed E-state index contributed by atoms with van der Waals surface area (Å²) < 4.78 is 0. The zero-order valence-corrected chi connectivity index (χ0v) is 14.7. The molecule has 3 aromatic rings. The van der Waals surface area contributed by atoms with Gasteiger partial charge in [-0.25, -0.2) is 9.89 Å². The first-order chi connectivity index (χ1) is 12.2. The molecule has 6 nitrogen and oxygen atoms in total. The van der Waals surface area contributed by atoms with E-state index in [-0.39, 0.29) is 11.9 Å². The highest BCUT2D eigenvalue weighted by atomic mass is 32.1. The number of H-pyrrole nitrogens is 2. The first kappa shape index (κ1) is 17.2. The Labute approximate surface area is 149 Å². The summed E-state index contributed by atoms with van der Waals surface area (Å²) >= 11 is 1.57. The van der Waals surface area contributed by atoms with E-state index in [2.05, 4.69) is 39.6 Å². The summed E-state index contributed by atoms with van der Waals surface area (Å²) in [6.45, 7) is 2.18. The largest absolute Gasteiger partial charge is 0.341 e. The van der Waals surface area contributed by atoms with Crippen LogP contribution in [-0.2, 0) is 6.42 Å². The molecular weight excluding hydrogens is 336 g/mol. The maximum atomic E-state index is 12.4. The predicted octanol–water partition coefficient (Wildman–Crippen LogP) is 3.02. The van der Waals surface area contributed by atoms with Crippen molar-refractivity contribution in [2.75, 3.05) is 0 Å². The van der Waals surface area contributed by atoms with Gasteiger partial charge >= 0.3 is 5.69 Å². The van der Waals surface area contributed by atoms with Crippen molar-refractivity contribution in [3.05, 3.63) is 74.1 Å². The van der Waals surface area contributed by atoms with Crippen LogP contribution in [0.2, 0.25) is 0 Å². The smallest absolute Gasteiger partial charge is 0.338 e. The first-order valence-electron chi connectivity index (χ1n) is 8.25. The fourth-order valence-electron chi connectivity index (χ4n) is 2.61. The van der Waals surface area contributed by atoms with E-state index >= 15 is 0 Å². The zero-order valence-electron chi connectivity index (χ0n) is 13.9. The molecule has 0 radical (unpaired) electrons. The van der Waals surface area contributed by atoms with Crippen molar-refractivity contribution in [2.45, 2.75) is 32.2 Å². The number of unbranched alkanes of at least 4 members (excludes halogenated alkanes) is 1. The molecule has 3 N–H and O–H groups in total. The Morgan fingerprint density at radius 2 is 2.08 bits per heavy atom. The molecule has 0 aliphatic carbocycles. The van der Waals surface area contributed by atoms with Crippen molar-refractivity contribution in [3.63, 3.8) is 0 Å². The number of hydrogen-bond acceptors (Lipinski definition) is 4. The molecule has 3 rings (SSSR count). The molecule has 1 atom stereocenters. The van der Waals surface area contributed by atoms with Gasteiger partial charge in [0.25, 0.3) is 5.91 Å². The average molecular weight is 356 g/mol. The molecule has 0 saturated carbocycles. The summed E-state index contributed by atoms with van der Waals surface area (Å²) in [5.41, 5.74) is 1.78. The number of aryl methyl sites for hydroxylation is 1. The van der Waals surface area contributed by atoms with E-state index in [0.29, 0.717) is 0 Å². The number of carbonyl (C=O) groups is 1. The predicted molar refractivity (Wildman–Crippen MR) is 97.9 cm³/mol. The lowest BCUT2D eigenvalue weighted by Crippen LogP contribution is -2.30. The number of amides is 1. The molecular formula is C18H20N4O2S. The zero-order chi connectivity index (χ0) is 17.6. The van der Waals surface area contributed by atoms with Crippen LogP contribution in [0.5, 0.6) is 0 Å². The molecule has 2 heterocycles. The fourth-order valence-corrected chi connectivity index (χ4v) is 3.41.